The van der Waals surface area contributed by atoms with Crippen molar-refractivity contribution < 1.29 is 9.53 Å². The molecule has 0 fully saturated rings. The molecule has 0 aliphatic rings. The number of carbonyl (C=O) groups is 1. The summed E-state index contributed by atoms with van der Waals surface area (Å²) in [6.07, 6.45) is 0. The molecule has 28 heavy (non-hydrogen) atoms. The van der Waals surface area contributed by atoms with Crippen LogP contribution in [0.3, 0.4) is 0 Å². The Labute approximate surface area is 169 Å². The molecular weight excluding hydrogens is 370 g/mol. The van der Waals surface area contributed by atoms with Crippen molar-refractivity contribution in [3.8, 4) is 0 Å². The molecule has 1 amide bonds. The molecule has 0 atom stereocenters. The van der Waals surface area contributed by atoms with Crippen molar-refractivity contribution in [1.29, 1.82) is 0 Å². The predicted molar refractivity (Wildman–Crippen MR) is 116 cm³/mol. The molecule has 3 aromatic rings. The third-order valence-corrected chi connectivity index (χ3v) is 5.84. The summed E-state index contributed by atoms with van der Waals surface area (Å²) in [5.41, 5.74) is 3.99. The normalized spacial score (nSPS) is 11.9. The summed E-state index contributed by atoms with van der Waals surface area (Å²) in [7, 11) is 1.68. The van der Waals surface area contributed by atoms with Gasteiger partial charge in [-0.05, 0) is 62.7 Å². The number of anilines is 1. The summed E-state index contributed by atoms with van der Waals surface area (Å²) in [5, 5.41) is 0. The average molecular weight is 398 g/mol. The minimum absolute atomic E-state index is 0.222. The van der Waals surface area contributed by atoms with E-state index in [-0.39, 0.29) is 5.91 Å². The van der Waals surface area contributed by atoms with E-state index in [1.54, 1.807) is 7.11 Å². The molecule has 1 heterocycles. The third kappa shape index (κ3) is 4.34. The number of amides is 1. The van der Waals surface area contributed by atoms with E-state index in [0.29, 0.717) is 23.5 Å². The first-order valence-electron chi connectivity index (χ1n) is 9.60. The Morgan fingerprint density at radius 3 is 2.50 bits per heavy atom. The number of methoxy groups -OCH3 is 1. The molecule has 0 unspecified atom stereocenters. The topological polar surface area (TPSA) is 46.8 Å². The van der Waals surface area contributed by atoms with Gasteiger partial charge in [0.25, 0.3) is 5.91 Å². The number of ether oxygens (including phenoxy) is 1. The second-order valence-electron chi connectivity index (χ2n) is 6.64. The largest absolute Gasteiger partial charge is 0.383 e. The highest BCUT2D eigenvalue weighted by atomic mass is 32.1. The van der Waals surface area contributed by atoms with Gasteiger partial charge in [-0.1, -0.05) is 17.4 Å². The lowest BCUT2D eigenvalue weighted by Crippen LogP contribution is -2.21. The van der Waals surface area contributed by atoms with Gasteiger partial charge >= 0.3 is 0 Å². The molecule has 0 spiro atoms. The van der Waals surface area contributed by atoms with Crippen LogP contribution in [0.5, 0.6) is 0 Å². The van der Waals surface area contributed by atoms with E-state index in [9.17, 15) is 4.79 Å². The third-order valence-electron chi connectivity index (χ3n) is 4.80. The van der Waals surface area contributed by atoms with E-state index in [0.717, 1.165) is 29.0 Å². The summed E-state index contributed by atoms with van der Waals surface area (Å²) >= 11 is 1.54. The Hall–Kier alpha value is -2.44. The minimum Gasteiger partial charge on any atom is -0.383 e. The van der Waals surface area contributed by atoms with Gasteiger partial charge < -0.3 is 14.2 Å². The van der Waals surface area contributed by atoms with Crippen LogP contribution >= 0.6 is 11.3 Å². The maximum absolute atomic E-state index is 12.8. The molecule has 0 radical (unpaired) electrons. The van der Waals surface area contributed by atoms with Gasteiger partial charge in [0.15, 0.2) is 4.80 Å². The molecule has 0 aliphatic carbocycles. The van der Waals surface area contributed by atoms with Crippen LogP contribution in [0.4, 0.5) is 5.69 Å². The van der Waals surface area contributed by atoms with Gasteiger partial charge in [-0.2, -0.15) is 4.99 Å². The number of fused-ring (bicyclic) bond motifs is 1. The first kappa shape index (κ1) is 20.3. The van der Waals surface area contributed by atoms with Gasteiger partial charge in [0.05, 0.1) is 16.8 Å². The number of hydrogen-bond donors (Lipinski definition) is 0. The minimum atomic E-state index is -0.222. The van der Waals surface area contributed by atoms with E-state index in [2.05, 4.69) is 53.4 Å². The smallest absolute Gasteiger partial charge is 0.279 e. The highest BCUT2D eigenvalue weighted by Gasteiger charge is 2.10. The number of carbonyl (C=O) groups excluding carboxylic acids is 1. The van der Waals surface area contributed by atoms with Crippen molar-refractivity contribution in [3.05, 3.63) is 58.4 Å². The van der Waals surface area contributed by atoms with Gasteiger partial charge in [-0.15, -0.1) is 0 Å². The zero-order valence-corrected chi connectivity index (χ0v) is 17.8. The first-order chi connectivity index (χ1) is 13.6. The quantitative estimate of drug-likeness (QED) is 0.599. The fraction of sp³-hybridized carbons (Fsp3) is 0.364. The molecular formula is C22H27N3O2S. The average Bonchev–Trinajstić information content (AvgIpc) is 3.03. The van der Waals surface area contributed by atoms with Crippen LogP contribution in [0.1, 0.15) is 29.8 Å². The maximum Gasteiger partial charge on any atom is 0.279 e. The standard InChI is InChI=1S/C22H27N3O2S/c1-5-24(6-2)18-10-8-17(9-11-18)21(26)23-22-25(13-14-27-4)19-12-7-16(3)15-20(19)28-22/h7-12,15H,5-6,13-14H2,1-4H3. The predicted octanol–water partition coefficient (Wildman–Crippen LogP) is 4.24. The second kappa shape index (κ2) is 9.17. The molecule has 2 aromatic carbocycles. The lowest BCUT2D eigenvalue weighted by molar-refractivity contribution is 0.0997. The molecule has 6 heteroatoms. The van der Waals surface area contributed by atoms with Crippen LogP contribution in [0.2, 0.25) is 0 Å². The molecule has 3 rings (SSSR count). The lowest BCUT2D eigenvalue weighted by Gasteiger charge is -2.20. The highest BCUT2D eigenvalue weighted by molar-refractivity contribution is 7.16. The molecule has 0 aliphatic heterocycles. The van der Waals surface area contributed by atoms with Crippen LogP contribution in [0.15, 0.2) is 47.5 Å². The number of hydrogen-bond acceptors (Lipinski definition) is 4. The van der Waals surface area contributed by atoms with Gasteiger partial charge in [0.1, 0.15) is 0 Å². The SMILES string of the molecule is CCN(CC)c1ccc(C(=O)N=c2sc3cc(C)ccc3n2CCOC)cc1. The van der Waals surface area contributed by atoms with E-state index in [1.807, 2.05) is 24.3 Å². The summed E-state index contributed by atoms with van der Waals surface area (Å²) in [5.74, 6) is -0.222. The molecule has 0 saturated carbocycles. The number of rotatable bonds is 7. The van der Waals surface area contributed by atoms with Gasteiger partial charge in [0, 0.05) is 38.0 Å². The Bertz CT molecular complexity index is 1010. The highest BCUT2D eigenvalue weighted by Crippen LogP contribution is 2.19. The van der Waals surface area contributed by atoms with Crippen LogP contribution < -0.4 is 9.70 Å². The Morgan fingerprint density at radius 1 is 1.14 bits per heavy atom. The van der Waals surface area contributed by atoms with Crippen molar-refractivity contribution >= 4 is 33.1 Å². The van der Waals surface area contributed by atoms with Crippen LogP contribution in [0, 0.1) is 6.92 Å². The lowest BCUT2D eigenvalue weighted by atomic mass is 10.2. The first-order valence-corrected chi connectivity index (χ1v) is 10.4. The van der Waals surface area contributed by atoms with Crippen molar-refractivity contribution in [2.45, 2.75) is 27.3 Å². The van der Waals surface area contributed by atoms with Gasteiger partial charge in [-0.3, -0.25) is 4.79 Å². The van der Waals surface area contributed by atoms with Gasteiger partial charge in [0.2, 0.25) is 0 Å². The van der Waals surface area contributed by atoms with Crippen LogP contribution in [-0.4, -0.2) is 37.3 Å². The van der Waals surface area contributed by atoms with Gasteiger partial charge in [-0.25, -0.2) is 0 Å². The molecule has 1 aromatic heterocycles. The summed E-state index contributed by atoms with van der Waals surface area (Å²) < 4.78 is 8.43. The summed E-state index contributed by atoms with van der Waals surface area (Å²) in [6.45, 7) is 9.42. The molecule has 0 bridgehead atoms. The molecule has 5 nitrogen and oxygen atoms in total. The zero-order valence-electron chi connectivity index (χ0n) is 16.9. The van der Waals surface area contributed by atoms with Crippen LogP contribution in [0.25, 0.3) is 10.2 Å². The molecule has 0 N–H and O–H groups in total. The number of thiazole rings is 1. The number of aromatic nitrogens is 1. The number of benzene rings is 2. The van der Waals surface area contributed by atoms with Crippen molar-refractivity contribution in [1.82, 2.24) is 4.57 Å². The number of nitrogens with zero attached hydrogens (tertiary/aromatic N) is 3. The second-order valence-corrected chi connectivity index (χ2v) is 7.65. The number of aryl methyl sites for hydroxylation is 1. The monoisotopic (exact) mass is 397 g/mol. The van der Waals surface area contributed by atoms with Crippen LogP contribution in [-0.2, 0) is 11.3 Å². The summed E-state index contributed by atoms with van der Waals surface area (Å²) in [6, 6.07) is 14.0. The maximum atomic E-state index is 12.8. The Balaban J connectivity index is 1.97. The Kier molecular flexibility index (Phi) is 6.65. The van der Waals surface area contributed by atoms with E-state index >= 15 is 0 Å². The summed E-state index contributed by atoms with van der Waals surface area (Å²) in [4.78, 5) is 20.2. The van der Waals surface area contributed by atoms with Crippen molar-refractivity contribution in [3.63, 3.8) is 0 Å². The molecule has 0 saturated heterocycles. The van der Waals surface area contributed by atoms with Crippen molar-refractivity contribution in [2.24, 2.45) is 4.99 Å². The van der Waals surface area contributed by atoms with E-state index < -0.39 is 0 Å². The fourth-order valence-corrected chi connectivity index (χ4v) is 4.37. The Morgan fingerprint density at radius 2 is 1.86 bits per heavy atom. The van der Waals surface area contributed by atoms with Crippen molar-refractivity contribution in [2.75, 3.05) is 31.7 Å². The molecule has 148 valence electrons. The fourth-order valence-electron chi connectivity index (χ4n) is 3.22. The van der Waals surface area contributed by atoms with E-state index in [1.165, 1.54) is 16.9 Å². The van der Waals surface area contributed by atoms with E-state index in [4.69, 9.17) is 4.74 Å². The zero-order chi connectivity index (χ0) is 20.1.